The van der Waals surface area contributed by atoms with Crippen LogP contribution in [0.4, 0.5) is 0 Å². The van der Waals surface area contributed by atoms with Crippen LogP contribution in [0.25, 0.3) is 15.7 Å². The van der Waals surface area contributed by atoms with Gasteiger partial charge in [-0.1, -0.05) is 11.3 Å². The molecular formula is C8H8N6S2. The van der Waals surface area contributed by atoms with Gasteiger partial charge < -0.3 is 5.73 Å². The lowest BCUT2D eigenvalue weighted by molar-refractivity contribution is 0.807. The van der Waals surface area contributed by atoms with Crippen molar-refractivity contribution in [2.45, 2.75) is 13.0 Å². The Kier molecular flexibility index (Phi) is 2.20. The fourth-order valence-corrected chi connectivity index (χ4v) is 2.88. The van der Waals surface area contributed by atoms with Gasteiger partial charge in [-0.05, 0) is 6.92 Å². The van der Waals surface area contributed by atoms with Crippen molar-refractivity contribution in [3.05, 3.63) is 16.7 Å². The Morgan fingerprint density at radius 1 is 1.50 bits per heavy atom. The van der Waals surface area contributed by atoms with E-state index >= 15 is 0 Å². The van der Waals surface area contributed by atoms with E-state index in [4.69, 9.17) is 5.73 Å². The van der Waals surface area contributed by atoms with E-state index in [1.54, 1.807) is 22.2 Å². The molecular weight excluding hydrogens is 244 g/mol. The largest absolute Gasteiger partial charge is 0.322 e. The van der Waals surface area contributed by atoms with Gasteiger partial charge in [0.15, 0.2) is 5.01 Å². The topological polar surface area (TPSA) is 82.0 Å². The van der Waals surface area contributed by atoms with E-state index in [2.05, 4.69) is 20.3 Å². The summed E-state index contributed by atoms with van der Waals surface area (Å²) in [5, 5.41) is 15.7. The number of aromatic nitrogens is 5. The van der Waals surface area contributed by atoms with Gasteiger partial charge in [0.2, 0.25) is 4.96 Å². The van der Waals surface area contributed by atoms with Crippen molar-refractivity contribution in [1.29, 1.82) is 0 Å². The smallest absolute Gasteiger partial charge is 0.234 e. The fourth-order valence-electron chi connectivity index (χ4n) is 1.26. The highest BCUT2D eigenvalue weighted by Crippen LogP contribution is 2.27. The summed E-state index contributed by atoms with van der Waals surface area (Å²) in [7, 11) is 0. The quantitative estimate of drug-likeness (QED) is 0.744. The van der Waals surface area contributed by atoms with E-state index in [9.17, 15) is 0 Å². The molecule has 0 saturated carbocycles. The lowest BCUT2D eigenvalue weighted by atomic mass is 10.4. The molecule has 3 rings (SSSR count). The van der Waals surface area contributed by atoms with Gasteiger partial charge >= 0.3 is 0 Å². The van der Waals surface area contributed by atoms with Crippen molar-refractivity contribution < 1.29 is 0 Å². The summed E-state index contributed by atoms with van der Waals surface area (Å²) < 4.78 is 1.64. The van der Waals surface area contributed by atoms with Crippen molar-refractivity contribution >= 4 is 27.6 Å². The Labute approximate surface area is 98.8 Å². The molecule has 8 heteroatoms. The van der Waals surface area contributed by atoms with Crippen molar-refractivity contribution in [3.63, 3.8) is 0 Å². The first-order chi connectivity index (χ1) is 7.74. The second-order valence-electron chi connectivity index (χ2n) is 3.32. The Morgan fingerprint density at radius 3 is 3.06 bits per heavy atom. The van der Waals surface area contributed by atoms with Crippen LogP contribution >= 0.6 is 22.7 Å². The summed E-state index contributed by atoms with van der Waals surface area (Å²) >= 11 is 3.01. The van der Waals surface area contributed by atoms with Gasteiger partial charge in [0.1, 0.15) is 17.0 Å². The highest BCUT2D eigenvalue weighted by Gasteiger charge is 2.12. The van der Waals surface area contributed by atoms with E-state index in [-0.39, 0.29) is 6.04 Å². The van der Waals surface area contributed by atoms with Gasteiger partial charge in [-0.15, -0.1) is 21.5 Å². The molecule has 0 fully saturated rings. The number of hydrogen-bond acceptors (Lipinski definition) is 7. The number of thiazole rings is 1. The molecule has 82 valence electrons. The minimum absolute atomic E-state index is 0.0375. The van der Waals surface area contributed by atoms with Crippen LogP contribution in [-0.2, 0) is 0 Å². The van der Waals surface area contributed by atoms with Crippen molar-refractivity contribution in [3.8, 4) is 10.7 Å². The normalized spacial score (nSPS) is 13.4. The number of hydrogen-bond donors (Lipinski definition) is 1. The molecule has 3 aromatic rings. The van der Waals surface area contributed by atoms with E-state index in [0.717, 1.165) is 20.7 Å². The number of nitrogens with two attached hydrogens (primary N) is 1. The van der Waals surface area contributed by atoms with Crippen LogP contribution in [0.2, 0.25) is 0 Å². The molecule has 0 aliphatic carbocycles. The molecule has 6 nitrogen and oxygen atoms in total. The van der Waals surface area contributed by atoms with Crippen molar-refractivity contribution in [1.82, 2.24) is 24.8 Å². The molecule has 0 aliphatic heterocycles. The standard InChI is InChI=1S/C8H8N6S2/c1-4(9)6-11-5(2-15-6)7-13-14-3-10-12-8(14)16-7/h2-4H,9H2,1H3. The summed E-state index contributed by atoms with van der Waals surface area (Å²) in [5.74, 6) is 0. The van der Waals surface area contributed by atoms with E-state index in [1.165, 1.54) is 11.3 Å². The molecule has 0 spiro atoms. The van der Waals surface area contributed by atoms with Crippen molar-refractivity contribution in [2.24, 2.45) is 5.73 Å². The van der Waals surface area contributed by atoms with Crippen LogP contribution in [0.3, 0.4) is 0 Å². The second kappa shape index (κ2) is 3.58. The zero-order chi connectivity index (χ0) is 11.1. The fraction of sp³-hybridized carbons (Fsp3) is 0.250. The van der Waals surface area contributed by atoms with Gasteiger partial charge in [-0.2, -0.15) is 9.61 Å². The zero-order valence-corrected chi connectivity index (χ0v) is 9.99. The molecule has 2 N–H and O–H groups in total. The third-order valence-electron chi connectivity index (χ3n) is 2.02. The molecule has 0 radical (unpaired) electrons. The average molecular weight is 252 g/mol. The highest BCUT2D eigenvalue weighted by atomic mass is 32.1. The van der Waals surface area contributed by atoms with Gasteiger partial charge in [-0.3, -0.25) is 0 Å². The first-order valence-corrected chi connectivity index (χ1v) is 6.32. The third-order valence-corrected chi connectivity index (χ3v) is 4.00. The Hall–Kier alpha value is -1.38. The average Bonchev–Trinajstić information content (AvgIpc) is 2.91. The molecule has 0 amide bonds. The highest BCUT2D eigenvalue weighted by molar-refractivity contribution is 7.20. The molecule has 3 aromatic heterocycles. The Bertz CT molecular complexity index is 593. The van der Waals surface area contributed by atoms with Crippen LogP contribution in [0.15, 0.2) is 11.7 Å². The van der Waals surface area contributed by atoms with Gasteiger partial charge in [0, 0.05) is 5.38 Å². The molecule has 0 saturated heterocycles. The number of fused-ring (bicyclic) bond motifs is 1. The molecule has 1 unspecified atom stereocenters. The van der Waals surface area contributed by atoms with Gasteiger partial charge in [-0.25, -0.2) is 4.98 Å². The lowest BCUT2D eigenvalue weighted by Gasteiger charge is -1.95. The summed E-state index contributed by atoms with van der Waals surface area (Å²) in [5.41, 5.74) is 6.62. The minimum Gasteiger partial charge on any atom is -0.322 e. The first kappa shape index (κ1) is 9.82. The van der Waals surface area contributed by atoms with Crippen LogP contribution < -0.4 is 5.73 Å². The predicted octanol–water partition coefficient (Wildman–Crippen LogP) is 1.33. The third kappa shape index (κ3) is 1.51. The van der Waals surface area contributed by atoms with Crippen LogP contribution in [-0.4, -0.2) is 24.8 Å². The summed E-state index contributed by atoms with van der Waals surface area (Å²) in [6, 6.07) is -0.0375. The molecule has 0 bridgehead atoms. The van der Waals surface area contributed by atoms with Gasteiger partial charge in [0.05, 0.1) is 6.04 Å². The Morgan fingerprint density at radius 2 is 2.38 bits per heavy atom. The first-order valence-electron chi connectivity index (χ1n) is 4.62. The number of rotatable bonds is 2. The van der Waals surface area contributed by atoms with Crippen LogP contribution in [0.1, 0.15) is 18.0 Å². The summed E-state index contributed by atoms with van der Waals surface area (Å²) in [6.07, 6.45) is 1.58. The minimum atomic E-state index is -0.0375. The lowest BCUT2D eigenvalue weighted by Crippen LogP contribution is -2.03. The maximum Gasteiger partial charge on any atom is 0.234 e. The number of nitrogens with zero attached hydrogens (tertiary/aromatic N) is 5. The molecule has 0 aliphatic rings. The molecule has 1 atom stereocenters. The predicted molar refractivity (Wildman–Crippen MR) is 62.4 cm³/mol. The van der Waals surface area contributed by atoms with Gasteiger partial charge in [0.25, 0.3) is 0 Å². The monoisotopic (exact) mass is 252 g/mol. The van der Waals surface area contributed by atoms with E-state index < -0.39 is 0 Å². The second-order valence-corrected chi connectivity index (χ2v) is 5.17. The Balaban J connectivity index is 2.05. The maximum atomic E-state index is 5.76. The molecule has 3 heterocycles. The summed E-state index contributed by atoms with van der Waals surface area (Å²) in [4.78, 5) is 5.20. The molecule has 0 aromatic carbocycles. The van der Waals surface area contributed by atoms with Crippen LogP contribution in [0.5, 0.6) is 0 Å². The molecule has 16 heavy (non-hydrogen) atoms. The zero-order valence-electron chi connectivity index (χ0n) is 8.36. The van der Waals surface area contributed by atoms with E-state index in [1.807, 2.05) is 12.3 Å². The van der Waals surface area contributed by atoms with Crippen molar-refractivity contribution in [2.75, 3.05) is 0 Å². The maximum absolute atomic E-state index is 5.76. The van der Waals surface area contributed by atoms with E-state index in [0.29, 0.717) is 0 Å². The van der Waals surface area contributed by atoms with Crippen LogP contribution in [0, 0.1) is 0 Å². The summed E-state index contributed by atoms with van der Waals surface area (Å²) in [6.45, 7) is 1.92. The SMILES string of the molecule is CC(N)c1nc(-c2nn3cnnc3s2)cs1.